The van der Waals surface area contributed by atoms with Crippen molar-refractivity contribution < 1.29 is 22.7 Å². The summed E-state index contributed by atoms with van der Waals surface area (Å²) in [5.41, 5.74) is 0.956. The van der Waals surface area contributed by atoms with E-state index in [0.29, 0.717) is 23.6 Å². The molecular weight excluding hydrogens is 392 g/mol. The maximum atomic E-state index is 12.5. The van der Waals surface area contributed by atoms with Crippen LogP contribution in [0.15, 0.2) is 53.4 Å². The van der Waals surface area contributed by atoms with Crippen LogP contribution in [0.25, 0.3) is 0 Å². The fourth-order valence-electron chi connectivity index (χ4n) is 3.00. The van der Waals surface area contributed by atoms with Gasteiger partial charge in [-0.15, -0.1) is 0 Å². The molecule has 156 valence electrons. The summed E-state index contributed by atoms with van der Waals surface area (Å²) in [5.74, 6) is 0.321. The summed E-state index contributed by atoms with van der Waals surface area (Å²) in [7, 11) is -3.59. The lowest BCUT2D eigenvalue weighted by Gasteiger charge is -2.13. The van der Waals surface area contributed by atoms with E-state index < -0.39 is 10.0 Å². The molecule has 1 atom stereocenters. The highest BCUT2D eigenvalue weighted by molar-refractivity contribution is 7.89. The molecule has 0 bridgehead atoms. The number of sulfonamides is 1. The van der Waals surface area contributed by atoms with Crippen LogP contribution in [-0.2, 0) is 14.8 Å². The van der Waals surface area contributed by atoms with Crippen molar-refractivity contribution >= 4 is 21.6 Å². The number of hydrogen-bond donors (Lipinski definition) is 2. The highest BCUT2D eigenvalue weighted by atomic mass is 32.2. The van der Waals surface area contributed by atoms with Gasteiger partial charge >= 0.3 is 0 Å². The van der Waals surface area contributed by atoms with Crippen LogP contribution in [0, 0.1) is 0 Å². The van der Waals surface area contributed by atoms with Crippen LogP contribution in [-0.4, -0.2) is 39.7 Å². The number of nitrogens with one attached hydrogen (secondary N) is 2. The Bertz CT molecular complexity index is 936. The van der Waals surface area contributed by atoms with E-state index >= 15 is 0 Å². The van der Waals surface area contributed by atoms with Gasteiger partial charge < -0.3 is 14.8 Å². The van der Waals surface area contributed by atoms with Gasteiger partial charge in [0.05, 0.1) is 11.0 Å². The zero-order chi connectivity index (χ0) is 20.9. The van der Waals surface area contributed by atoms with Crippen molar-refractivity contribution in [3.05, 3.63) is 54.1 Å². The average molecular weight is 419 g/mol. The molecule has 1 fully saturated rings. The van der Waals surface area contributed by atoms with Gasteiger partial charge in [0, 0.05) is 30.0 Å². The Morgan fingerprint density at radius 3 is 2.62 bits per heavy atom. The number of carbonyl (C=O) groups excluding carboxylic acids is 1. The molecule has 3 rings (SSSR count). The van der Waals surface area contributed by atoms with Crippen LogP contribution < -0.4 is 14.8 Å². The van der Waals surface area contributed by atoms with Crippen LogP contribution in [0.5, 0.6) is 5.75 Å². The third kappa shape index (κ3) is 6.03. The second-order valence-corrected chi connectivity index (χ2v) is 8.94. The van der Waals surface area contributed by atoms with E-state index in [9.17, 15) is 13.2 Å². The normalized spacial score (nSPS) is 16.7. The number of amides is 1. The number of hydrogen-bond acceptors (Lipinski definition) is 5. The molecule has 1 aliphatic rings. The fourth-order valence-corrected chi connectivity index (χ4v) is 4.25. The highest BCUT2D eigenvalue weighted by Crippen LogP contribution is 2.20. The molecule has 1 saturated heterocycles. The van der Waals surface area contributed by atoms with Crippen molar-refractivity contribution in [3.8, 4) is 5.75 Å². The standard InChI is InChI=1S/C21H26N2O5S/c1-15(2)23-29(25,26)20-10-8-16(9-11-20)21(24)22-17-5-3-6-18(13-17)28-14-19-7-4-12-27-19/h3,5-6,8-11,13,15,19,23H,4,7,12,14H2,1-2H3,(H,22,24). The van der Waals surface area contributed by atoms with Crippen molar-refractivity contribution in [2.75, 3.05) is 18.5 Å². The second-order valence-electron chi connectivity index (χ2n) is 7.23. The monoisotopic (exact) mass is 418 g/mol. The van der Waals surface area contributed by atoms with Gasteiger partial charge in [-0.1, -0.05) is 6.07 Å². The fraction of sp³-hybridized carbons (Fsp3) is 0.381. The van der Waals surface area contributed by atoms with E-state index in [1.54, 1.807) is 32.0 Å². The van der Waals surface area contributed by atoms with Crippen LogP contribution in [0.1, 0.15) is 37.0 Å². The Hall–Kier alpha value is -2.42. The molecule has 0 aliphatic carbocycles. The molecule has 0 spiro atoms. The van der Waals surface area contributed by atoms with E-state index in [1.807, 2.05) is 6.07 Å². The zero-order valence-electron chi connectivity index (χ0n) is 16.6. The minimum Gasteiger partial charge on any atom is -0.491 e. The Morgan fingerprint density at radius 2 is 1.97 bits per heavy atom. The van der Waals surface area contributed by atoms with Crippen molar-refractivity contribution in [1.29, 1.82) is 0 Å². The van der Waals surface area contributed by atoms with Gasteiger partial charge in [0.25, 0.3) is 5.91 Å². The van der Waals surface area contributed by atoms with Gasteiger partial charge in [0.1, 0.15) is 12.4 Å². The first-order valence-electron chi connectivity index (χ1n) is 9.62. The maximum Gasteiger partial charge on any atom is 0.255 e. The molecule has 0 saturated carbocycles. The Balaban J connectivity index is 1.61. The van der Waals surface area contributed by atoms with Crippen molar-refractivity contribution in [1.82, 2.24) is 4.72 Å². The minimum absolute atomic E-state index is 0.118. The SMILES string of the molecule is CC(C)NS(=O)(=O)c1ccc(C(=O)Nc2cccc(OCC3CCCO3)c2)cc1. The number of anilines is 1. The van der Waals surface area contributed by atoms with Crippen LogP contribution in [0.4, 0.5) is 5.69 Å². The molecule has 1 amide bonds. The topological polar surface area (TPSA) is 93.7 Å². The number of ether oxygens (including phenoxy) is 2. The van der Waals surface area contributed by atoms with E-state index in [-0.39, 0.29) is 22.9 Å². The molecule has 2 aromatic carbocycles. The third-order valence-corrected chi connectivity index (χ3v) is 6.04. The summed E-state index contributed by atoms with van der Waals surface area (Å²) in [4.78, 5) is 12.6. The Morgan fingerprint density at radius 1 is 1.21 bits per heavy atom. The smallest absolute Gasteiger partial charge is 0.255 e. The van der Waals surface area contributed by atoms with Gasteiger partial charge in [-0.05, 0) is 63.1 Å². The number of rotatable bonds is 8. The summed E-state index contributed by atoms with van der Waals surface area (Å²) in [5, 5.41) is 2.80. The van der Waals surface area contributed by atoms with Gasteiger partial charge in [0.2, 0.25) is 10.0 Å². The first-order chi connectivity index (χ1) is 13.8. The van der Waals surface area contributed by atoms with Gasteiger partial charge in [-0.25, -0.2) is 13.1 Å². The van der Waals surface area contributed by atoms with Crippen molar-refractivity contribution in [2.24, 2.45) is 0 Å². The zero-order valence-corrected chi connectivity index (χ0v) is 17.4. The Labute approximate surface area is 171 Å². The van der Waals surface area contributed by atoms with Crippen molar-refractivity contribution in [3.63, 3.8) is 0 Å². The largest absolute Gasteiger partial charge is 0.491 e. The summed E-state index contributed by atoms with van der Waals surface area (Å²) in [6.45, 7) is 4.76. The first kappa shape index (κ1) is 21.3. The number of benzene rings is 2. The lowest BCUT2D eigenvalue weighted by molar-refractivity contribution is 0.0680. The third-order valence-electron chi connectivity index (χ3n) is 4.37. The lowest BCUT2D eigenvalue weighted by atomic mass is 10.2. The molecule has 1 heterocycles. The van der Waals surface area contributed by atoms with Crippen LogP contribution in [0.3, 0.4) is 0 Å². The summed E-state index contributed by atoms with van der Waals surface area (Å²) >= 11 is 0. The van der Waals surface area contributed by atoms with E-state index in [2.05, 4.69) is 10.0 Å². The minimum atomic E-state index is -3.59. The highest BCUT2D eigenvalue weighted by Gasteiger charge is 2.17. The lowest BCUT2D eigenvalue weighted by Crippen LogP contribution is -2.30. The number of carbonyl (C=O) groups is 1. The van der Waals surface area contributed by atoms with Gasteiger partial charge in [-0.2, -0.15) is 0 Å². The summed E-state index contributed by atoms with van der Waals surface area (Å²) in [6, 6.07) is 12.7. The molecule has 1 aliphatic heterocycles. The predicted octanol–water partition coefficient (Wildman–Crippen LogP) is 3.18. The molecule has 2 N–H and O–H groups in total. The molecule has 1 unspecified atom stereocenters. The van der Waals surface area contributed by atoms with E-state index in [4.69, 9.17) is 9.47 Å². The summed E-state index contributed by atoms with van der Waals surface area (Å²) in [6.07, 6.45) is 2.17. The molecule has 7 nitrogen and oxygen atoms in total. The molecule has 8 heteroatoms. The van der Waals surface area contributed by atoms with Crippen molar-refractivity contribution in [2.45, 2.75) is 43.7 Å². The Kier molecular flexibility index (Phi) is 6.89. The second kappa shape index (κ2) is 9.39. The summed E-state index contributed by atoms with van der Waals surface area (Å²) < 4.78 is 38.2. The maximum absolute atomic E-state index is 12.5. The predicted molar refractivity (Wildman–Crippen MR) is 111 cm³/mol. The molecule has 0 radical (unpaired) electrons. The molecular formula is C21H26N2O5S. The average Bonchev–Trinajstić information content (AvgIpc) is 3.19. The quantitative estimate of drug-likeness (QED) is 0.687. The molecule has 29 heavy (non-hydrogen) atoms. The van der Waals surface area contributed by atoms with Crippen LogP contribution >= 0.6 is 0 Å². The van der Waals surface area contributed by atoms with Gasteiger partial charge in [0.15, 0.2) is 0 Å². The first-order valence-corrected chi connectivity index (χ1v) is 11.1. The molecule has 2 aromatic rings. The van der Waals surface area contributed by atoms with E-state index in [0.717, 1.165) is 19.4 Å². The van der Waals surface area contributed by atoms with Gasteiger partial charge in [-0.3, -0.25) is 4.79 Å². The van der Waals surface area contributed by atoms with Crippen LogP contribution in [0.2, 0.25) is 0 Å². The molecule has 0 aromatic heterocycles. The van der Waals surface area contributed by atoms with E-state index in [1.165, 1.54) is 24.3 Å².